The Morgan fingerprint density at radius 1 is 1.35 bits per heavy atom. The van der Waals surface area contributed by atoms with E-state index in [1.54, 1.807) is 44.2 Å². The summed E-state index contributed by atoms with van der Waals surface area (Å²) in [5, 5.41) is 2.75. The first-order valence-corrected chi connectivity index (χ1v) is 8.79. The summed E-state index contributed by atoms with van der Waals surface area (Å²) in [5.41, 5.74) is 5.32. The zero-order valence-corrected chi connectivity index (χ0v) is 15.0. The summed E-state index contributed by atoms with van der Waals surface area (Å²) >= 11 is 0. The van der Waals surface area contributed by atoms with E-state index in [1.165, 1.54) is 4.31 Å². The third-order valence-corrected chi connectivity index (χ3v) is 5.50. The molecule has 1 aliphatic rings. The SMILES string of the molecule is CC(C)(N)CNC(=O)C1CCCN1S(=O)(=O)c1ccccc1.Cl. The molecule has 1 fully saturated rings. The van der Waals surface area contributed by atoms with Crippen LogP contribution in [0.5, 0.6) is 0 Å². The molecule has 8 heteroatoms. The first kappa shape index (κ1) is 19.9. The summed E-state index contributed by atoms with van der Waals surface area (Å²) in [5.74, 6) is -0.282. The van der Waals surface area contributed by atoms with Crippen LogP contribution < -0.4 is 11.1 Å². The molecule has 1 unspecified atom stereocenters. The van der Waals surface area contributed by atoms with Crippen LogP contribution in [0, 0.1) is 0 Å². The van der Waals surface area contributed by atoms with Crippen molar-refractivity contribution in [2.24, 2.45) is 5.73 Å². The monoisotopic (exact) mass is 361 g/mol. The molecular weight excluding hydrogens is 338 g/mol. The van der Waals surface area contributed by atoms with Crippen molar-refractivity contribution in [3.8, 4) is 0 Å². The third-order valence-electron chi connectivity index (χ3n) is 3.57. The molecule has 3 N–H and O–H groups in total. The van der Waals surface area contributed by atoms with Gasteiger partial charge in [-0.15, -0.1) is 12.4 Å². The molecule has 0 spiro atoms. The largest absolute Gasteiger partial charge is 0.353 e. The highest BCUT2D eigenvalue weighted by atomic mass is 35.5. The average Bonchev–Trinajstić information content (AvgIpc) is 2.95. The maximum Gasteiger partial charge on any atom is 0.243 e. The van der Waals surface area contributed by atoms with Crippen molar-refractivity contribution < 1.29 is 13.2 Å². The molecule has 1 heterocycles. The van der Waals surface area contributed by atoms with Gasteiger partial charge in [-0.05, 0) is 38.8 Å². The van der Waals surface area contributed by atoms with E-state index in [2.05, 4.69) is 5.32 Å². The summed E-state index contributed by atoms with van der Waals surface area (Å²) in [6.07, 6.45) is 1.21. The van der Waals surface area contributed by atoms with Gasteiger partial charge in [0.25, 0.3) is 0 Å². The molecule has 2 rings (SSSR count). The lowest BCUT2D eigenvalue weighted by atomic mass is 10.1. The van der Waals surface area contributed by atoms with Crippen LogP contribution in [0.4, 0.5) is 0 Å². The predicted molar refractivity (Wildman–Crippen MR) is 91.9 cm³/mol. The van der Waals surface area contributed by atoms with Gasteiger partial charge in [-0.2, -0.15) is 4.31 Å². The molecule has 0 aromatic heterocycles. The Balaban J connectivity index is 0.00000264. The van der Waals surface area contributed by atoms with Crippen LogP contribution in [0.25, 0.3) is 0 Å². The molecule has 1 atom stereocenters. The summed E-state index contributed by atoms with van der Waals surface area (Å²) in [4.78, 5) is 12.5. The minimum Gasteiger partial charge on any atom is -0.353 e. The minimum absolute atomic E-state index is 0. The fraction of sp³-hybridized carbons (Fsp3) is 0.533. The van der Waals surface area contributed by atoms with Gasteiger partial charge in [0.05, 0.1) is 4.90 Å². The Hall–Kier alpha value is -1.15. The zero-order chi connectivity index (χ0) is 16.4. The van der Waals surface area contributed by atoms with Crippen LogP contribution in [0.1, 0.15) is 26.7 Å². The number of sulfonamides is 1. The highest BCUT2D eigenvalue weighted by Crippen LogP contribution is 2.26. The molecule has 0 bridgehead atoms. The number of rotatable bonds is 5. The highest BCUT2D eigenvalue weighted by Gasteiger charge is 2.39. The van der Waals surface area contributed by atoms with E-state index in [0.29, 0.717) is 25.9 Å². The third kappa shape index (κ3) is 4.91. The van der Waals surface area contributed by atoms with Gasteiger partial charge in [0.15, 0.2) is 0 Å². The van der Waals surface area contributed by atoms with E-state index in [9.17, 15) is 13.2 Å². The van der Waals surface area contributed by atoms with Gasteiger partial charge in [0, 0.05) is 18.6 Å². The normalized spacial score (nSPS) is 19.2. The molecule has 1 aromatic carbocycles. The molecule has 0 aliphatic carbocycles. The fourth-order valence-electron chi connectivity index (χ4n) is 2.45. The van der Waals surface area contributed by atoms with Crippen molar-refractivity contribution in [2.45, 2.75) is 43.2 Å². The van der Waals surface area contributed by atoms with E-state index < -0.39 is 21.6 Å². The molecule has 130 valence electrons. The quantitative estimate of drug-likeness (QED) is 0.821. The number of hydrogen-bond acceptors (Lipinski definition) is 4. The second-order valence-corrected chi connectivity index (χ2v) is 8.18. The van der Waals surface area contributed by atoms with E-state index in [1.807, 2.05) is 0 Å². The van der Waals surface area contributed by atoms with Crippen molar-refractivity contribution in [1.82, 2.24) is 9.62 Å². The number of amides is 1. The molecular formula is C15H24ClN3O3S. The van der Waals surface area contributed by atoms with Gasteiger partial charge in [0.2, 0.25) is 15.9 Å². The summed E-state index contributed by atoms with van der Waals surface area (Å²) in [7, 11) is -3.65. The minimum atomic E-state index is -3.65. The van der Waals surface area contributed by atoms with Gasteiger partial charge in [-0.3, -0.25) is 4.79 Å². The van der Waals surface area contributed by atoms with Crippen LogP contribution in [-0.2, 0) is 14.8 Å². The van der Waals surface area contributed by atoms with Crippen molar-refractivity contribution in [3.63, 3.8) is 0 Å². The number of carbonyl (C=O) groups is 1. The van der Waals surface area contributed by atoms with Crippen LogP contribution in [0.2, 0.25) is 0 Å². The van der Waals surface area contributed by atoms with Gasteiger partial charge in [-0.25, -0.2) is 8.42 Å². The second kappa shape index (κ2) is 7.61. The van der Waals surface area contributed by atoms with Crippen LogP contribution >= 0.6 is 12.4 Å². The lowest BCUT2D eigenvalue weighted by Crippen LogP contribution is -2.51. The van der Waals surface area contributed by atoms with Crippen molar-refractivity contribution in [2.75, 3.05) is 13.1 Å². The molecule has 1 aliphatic heterocycles. The van der Waals surface area contributed by atoms with E-state index in [0.717, 1.165) is 0 Å². The molecule has 1 amide bonds. The maximum atomic E-state index is 12.7. The van der Waals surface area contributed by atoms with E-state index in [4.69, 9.17) is 5.73 Å². The smallest absolute Gasteiger partial charge is 0.243 e. The second-order valence-electron chi connectivity index (χ2n) is 6.29. The Labute approximate surface area is 143 Å². The number of nitrogens with one attached hydrogen (secondary N) is 1. The van der Waals surface area contributed by atoms with Crippen molar-refractivity contribution in [1.29, 1.82) is 0 Å². The lowest BCUT2D eigenvalue weighted by Gasteiger charge is -2.25. The summed E-state index contributed by atoms with van der Waals surface area (Å²) in [6.45, 7) is 4.28. The fourth-order valence-corrected chi connectivity index (χ4v) is 4.13. The van der Waals surface area contributed by atoms with Gasteiger partial charge < -0.3 is 11.1 Å². The summed E-state index contributed by atoms with van der Waals surface area (Å²) in [6, 6.07) is 7.55. The Bertz CT molecular complexity index is 629. The number of carbonyl (C=O) groups excluding carboxylic acids is 1. The van der Waals surface area contributed by atoms with Crippen LogP contribution in [0.15, 0.2) is 35.2 Å². The molecule has 23 heavy (non-hydrogen) atoms. The van der Waals surface area contributed by atoms with E-state index >= 15 is 0 Å². The zero-order valence-electron chi connectivity index (χ0n) is 13.4. The van der Waals surface area contributed by atoms with Crippen molar-refractivity contribution in [3.05, 3.63) is 30.3 Å². The average molecular weight is 362 g/mol. The number of hydrogen-bond donors (Lipinski definition) is 2. The predicted octanol–water partition coefficient (Wildman–Crippen LogP) is 1.11. The molecule has 1 saturated heterocycles. The van der Waals surface area contributed by atoms with Crippen molar-refractivity contribution >= 4 is 28.3 Å². The molecule has 0 saturated carbocycles. The highest BCUT2D eigenvalue weighted by molar-refractivity contribution is 7.89. The Morgan fingerprint density at radius 2 is 1.96 bits per heavy atom. The number of halogens is 1. The van der Waals surface area contributed by atoms with Gasteiger partial charge in [0.1, 0.15) is 6.04 Å². The Kier molecular flexibility index (Phi) is 6.59. The maximum absolute atomic E-state index is 12.7. The van der Waals surface area contributed by atoms with Crippen LogP contribution in [0.3, 0.4) is 0 Å². The number of nitrogens with two attached hydrogens (primary N) is 1. The molecule has 6 nitrogen and oxygen atoms in total. The first-order chi connectivity index (χ1) is 10.2. The molecule has 0 radical (unpaired) electrons. The number of nitrogens with zero attached hydrogens (tertiary/aromatic N) is 1. The van der Waals surface area contributed by atoms with Gasteiger partial charge in [-0.1, -0.05) is 18.2 Å². The van der Waals surface area contributed by atoms with Gasteiger partial charge >= 0.3 is 0 Å². The van der Waals surface area contributed by atoms with Crippen LogP contribution in [-0.4, -0.2) is 43.3 Å². The lowest BCUT2D eigenvalue weighted by molar-refractivity contribution is -0.124. The summed E-state index contributed by atoms with van der Waals surface area (Å²) < 4.78 is 26.6. The topological polar surface area (TPSA) is 92.5 Å². The molecule has 1 aromatic rings. The number of benzene rings is 1. The van der Waals surface area contributed by atoms with E-state index in [-0.39, 0.29) is 23.2 Å². The Morgan fingerprint density at radius 3 is 2.52 bits per heavy atom. The standard InChI is InChI=1S/C15H23N3O3S.ClH/c1-15(2,16)11-17-14(19)13-9-6-10-18(13)22(20,21)12-7-4-3-5-8-12;/h3-5,7-8,13H,6,9-11,16H2,1-2H3,(H,17,19);1H. The first-order valence-electron chi connectivity index (χ1n) is 7.35.